The van der Waals surface area contributed by atoms with Crippen LogP contribution in [0.4, 0.5) is 5.69 Å². The van der Waals surface area contributed by atoms with Gasteiger partial charge in [0.2, 0.25) is 0 Å². The SMILES string of the molecule is O=S(=O)(Nc1ccc2[nH]ncc2c1)c1cccc2ccccc12. The molecule has 0 atom stereocenters. The lowest BCUT2D eigenvalue weighted by atomic mass is 10.1. The standard InChI is InChI=1S/C17H13N3O2S/c21-23(22,17-7-3-5-12-4-1-2-6-15(12)17)20-14-8-9-16-13(10-14)11-18-19-16/h1-11,20H,(H,18,19). The molecule has 0 aliphatic rings. The fourth-order valence-corrected chi connectivity index (χ4v) is 3.93. The molecular weight excluding hydrogens is 310 g/mol. The number of anilines is 1. The van der Waals surface area contributed by atoms with Crippen molar-refractivity contribution in [1.82, 2.24) is 10.2 Å². The number of nitrogens with zero attached hydrogens (tertiary/aromatic N) is 1. The fourth-order valence-electron chi connectivity index (χ4n) is 2.65. The van der Waals surface area contributed by atoms with E-state index in [9.17, 15) is 8.42 Å². The van der Waals surface area contributed by atoms with Crippen molar-refractivity contribution in [3.05, 3.63) is 66.9 Å². The summed E-state index contributed by atoms with van der Waals surface area (Å²) < 4.78 is 28.1. The number of fused-ring (bicyclic) bond motifs is 2. The van der Waals surface area contributed by atoms with Crippen LogP contribution in [0.15, 0.2) is 71.8 Å². The molecule has 0 unspecified atom stereocenters. The molecule has 0 amide bonds. The Morgan fingerprint density at radius 2 is 1.74 bits per heavy atom. The van der Waals surface area contributed by atoms with E-state index in [4.69, 9.17) is 0 Å². The first-order valence-corrected chi connectivity index (χ1v) is 8.55. The van der Waals surface area contributed by atoms with E-state index in [-0.39, 0.29) is 4.90 Å². The molecule has 0 bridgehead atoms. The smallest absolute Gasteiger partial charge is 0.262 e. The van der Waals surface area contributed by atoms with Crippen molar-refractivity contribution in [2.24, 2.45) is 0 Å². The summed E-state index contributed by atoms with van der Waals surface area (Å²) in [7, 11) is -3.67. The molecule has 0 aliphatic carbocycles. The zero-order valence-electron chi connectivity index (χ0n) is 12.0. The van der Waals surface area contributed by atoms with Crippen LogP contribution in [0.1, 0.15) is 0 Å². The van der Waals surface area contributed by atoms with Gasteiger partial charge < -0.3 is 0 Å². The van der Waals surface area contributed by atoms with Gasteiger partial charge in [0.05, 0.1) is 16.6 Å². The second-order valence-corrected chi connectivity index (χ2v) is 6.91. The van der Waals surface area contributed by atoms with Crippen LogP contribution in [0.3, 0.4) is 0 Å². The molecule has 4 aromatic rings. The van der Waals surface area contributed by atoms with E-state index >= 15 is 0 Å². The Morgan fingerprint density at radius 1 is 0.913 bits per heavy atom. The number of aromatic amines is 1. The first-order chi connectivity index (χ1) is 11.1. The van der Waals surface area contributed by atoms with Gasteiger partial charge in [-0.3, -0.25) is 9.82 Å². The van der Waals surface area contributed by atoms with Gasteiger partial charge in [0.15, 0.2) is 0 Å². The summed E-state index contributed by atoms with van der Waals surface area (Å²) in [5.41, 5.74) is 1.37. The van der Waals surface area contributed by atoms with E-state index in [1.165, 1.54) is 0 Å². The number of sulfonamides is 1. The summed E-state index contributed by atoms with van der Waals surface area (Å²) in [6.45, 7) is 0. The molecule has 1 aromatic heterocycles. The van der Waals surface area contributed by atoms with Crippen LogP contribution in [-0.2, 0) is 10.0 Å². The first-order valence-electron chi connectivity index (χ1n) is 7.07. The maximum atomic E-state index is 12.8. The van der Waals surface area contributed by atoms with Gasteiger partial charge in [-0.2, -0.15) is 5.10 Å². The van der Waals surface area contributed by atoms with E-state index in [1.807, 2.05) is 30.3 Å². The van der Waals surface area contributed by atoms with Gasteiger partial charge in [-0.1, -0.05) is 36.4 Å². The minimum absolute atomic E-state index is 0.267. The van der Waals surface area contributed by atoms with Crippen molar-refractivity contribution >= 4 is 37.4 Å². The third-order valence-electron chi connectivity index (χ3n) is 3.73. The average molecular weight is 323 g/mol. The van der Waals surface area contributed by atoms with Crippen LogP contribution < -0.4 is 4.72 Å². The molecule has 0 saturated carbocycles. The molecule has 0 aliphatic heterocycles. The molecule has 1 heterocycles. The molecule has 0 saturated heterocycles. The molecule has 5 nitrogen and oxygen atoms in total. The molecule has 23 heavy (non-hydrogen) atoms. The third-order valence-corrected chi connectivity index (χ3v) is 5.17. The lowest BCUT2D eigenvalue weighted by molar-refractivity contribution is 0.602. The van der Waals surface area contributed by atoms with Crippen molar-refractivity contribution in [3.63, 3.8) is 0 Å². The summed E-state index contributed by atoms with van der Waals surface area (Å²) in [6.07, 6.45) is 1.66. The van der Waals surface area contributed by atoms with Crippen molar-refractivity contribution in [3.8, 4) is 0 Å². The van der Waals surface area contributed by atoms with E-state index < -0.39 is 10.0 Å². The average Bonchev–Trinajstić information content (AvgIpc) is 3.01. The lowest BCUT2D eigenvalue weighted by Crippen LogP contribution is -2.13. The summed E-state index contributed by atoms with van der Waals surface area (Å²) in [4.78, 5) is 0.267. The zero-order valence-corrected chi connectivity index (χ0v) is 12.8. The van der Waals surface area contributed by atoms with Crippen LogP contribution in [0, 0.1) is 0 Å². The predicted octanol–water partition coefficient (Wildman–Crippen LogP) is 3.52. The normalized spacial score (nSPS) is 11.8. The first kappa shape index (κ1) is 13.8. The van der Waals surface area contributed by atoms with E-state index in [1.54, 1.807) is 36.5 Å². The van der Waals surface area contributed by atoms with Crippen LogP contribution >= 0.6 is 0 Å². The van der Waals surface area contributed by atoms with Gasteiger partial charge >= 0.3 is 0 Å². The highest BCUT2D eigenvalue weighted by molar-refractivity contribution is 7.93. The van der Waals surface area contributed by atoms with Crippen LogP contribution in [0.5, 0.6) is 0 Å². The molecule has 0 fully saturated rings. The molecular formula is C17H13N3O2S. The lowest BCUT2D eigenvalue weighted by Gasteiger charge is -2.10. The van der Waals surface area contributed by atoms with Gasteiger partial charge in [0.25, 0.3) is 10.0 Å². The summed E-state index contributed by atoms with van der Waals surface area (Å²) >= 11 is 0. The summed E-state index contributed by atoms with van der Waals surface area (Å²) in [5, 5.41) is 9.21. The van der Waals surface area contributed by atoms with E-state index in [0.717, 1.165) is 16.3 Å². The second-order valence-electron chi connectivity index (χ2n) is 5.25. The fraction of sp³-hybridized carbons (Fsp3) is 0. The number of nitrogens with one attached hydrogen (secondary N) is 2. The number of hydrogen-bond donors (Lipinski definition) is 2. The zero-order chi connectivity index (χ0) is 15.9. The Hall–Kier alpha value is -2.86. The largest absolute Gasteiger partial charge is 0.280 e. The number of rotatable bonds is 3. The Labute approximate surface area is 133 Å². The highest BCUT2D eigenvalue weighted by atomic mass is 32.2. The number of hydrogen-bond acceptors (Lipinski definition) is 3. The number of H-pyrrole nitrogens is 1. The van der Waals surface area contributed by atoms with Crippen LogP contribution in [-0.4, -0.2) is 18.6 Å². The van der Waals surface area contributed by atoms with Crippen LogP contribution in [0.25, 0.3) is 21.7 Å². The molecule has 3 aromatic carbocycles. The predicted molar refractivity (Wildman–Crippen MR) is 90.9 cm³/mol. The van der Waals surface area contributed by atoms with Crippen molar-refractivity contribution < 1.29 is 8.42 Å². The third kappa shape index (κ3) is 2.43. The molecule has 4 rings (SSSR count). The Morgan fingerprint density at radius 3 is 2.65 bits per heavy atom. The number of aromatic nitrogens is 2. The van der Waals surface area contributed by atoms with E-state index in [2.05, 4.69) is 14.9 Å². The van der Waals surface area contributed by atoms with Crippen molar-refractivity contribution in [2.75, 3.05) is 4.72 Å². The Bertz CT molecular complexity index is 1110. The maximum Gasteiger partial charge on any atom is 0.262 e. The van der Waals surface area contributed by atoms with E-state index in [0.29, 0.717) is 11.1 Å². The molecule has 0 spiro atoms. The van der Waals surface area contributed by atoms with Crippen molar-refractivity contribution in [1.29, 1.82) is 0 Å². The van der Waals surface area contributed by atoms with Gasteiger partial charge in [0.1, 0.15) is 0 Å². The molecule has 0 radical (unpaired) electrons. The van der Waals surface area contributed by atoms with Crippen LogP contribution in [0.2, 0.25) is 0 Å². The second kappa shape index (κ2) is 5.10. The topological polar surface area (TPSA) is 74.8 Å². The Balaban J connectivity index is 1.80. The minimum atomic E-state index is -3.67. The molecule has 114 valence electrons. The van der Waals surface area contributed by atoms with Gasteiger partial charge in [-0.05, 0) is 29.7 Å². The van der Waals surface area contributed by atoms with Gasteiger partial charge in [0, 0.05) is 16.5 Å². The monoisotopic (exact) mass is 323 g/mol. The summed E-state index contributed by atoms with van der Waals surface area (Å²) in [6, 6.07) is 17.9. The molecule has 2 N–H and O–H groups in total. The Kier molecular flexibility index (Phi) is 3.06. The quantitative estimate of drug-likeness (QED) is 0.606. The van der Waals surface area contributed by atoms with Crippen molar-refractivity contribution in [2.45, 2.75) is 4.90 Å². The highest BCUT2D eigenvalue weighted by Crippen LogP contribution is 2.25. The summed E-state index contributed by atoms with van der Waals surface area (Å²) in [5.74, 6) is 0. The minimum Gasteiger partial charge on any atom is -0.280 e. The highest BCUT2D eigenvalue weighted by Gasteiger charge is 2.17. The number of benzene rings is 3. The molecule has 6 heteroatoms. The maximum absolute atomic E-state index is 12.8. The van der Waals surface area contributed by atoms with Gasteiger partial charge in [-0.15, -0.1) is 0 Å². The van der Waals surface area contributed by atoms with Gasteiger partial charge in [-0.25, -0.2) is 8.42 Å².